The van der Waals surface area contributed by atoms with Gasteiger partial charge in [-0.15, -0.1) is 0 Å². The fourth-order valence-corrected chi connectivity index (χ4v) is 3.38. The molecule has 0 spiro atoms. The first-order valence-corrected chi connectivity index (χ1v) is 7.63. The van der Waals surface area contributed by atoms with Gasteiger partial charge in [-0.05, 0) is 24.8 Å². The minimum Gasteiger partial charge on any atom is -0.434 e. The number of halogens is 2. The van der Waals surface area contributed by atoms with Gasteiger partial charge in [0, 0.05) is 18.2 Å². The maximum absolute atomic E-state index is 12.5. The van der Waals surface area contributed by atoms with Gasteiger partial charge in [0.2, 0.25) is 0 Å². The van der Waals surface area contributed by atoms with E-state index in [-0.39, 0.29) is 11.9 Å². The van der Waals surface area contributed by atoms with E-state index in [0.717, 1.165) is 0 Å². The summed E-state index contributed by atoms with van der Waals surface area (Å²) in [6.07, 6.45) is 4.63. The third-order valence-corrected chi connectivity index (χ3v) is 4.47. The molecule has 1 saturated heterocycles. The minimum atomic E-state index is -2.81. The summed E-state index contributed by atoms with van der Waals surface area (Å²) >= 11 is 0. The van der Waals surface area contributed by atoms with Crippen molar-refractivity contribution in [3.63, 3.8) is 0 Å². The Balaban J connectivity index is 1.74. The Morgan fingerprint density at radius 1 is 1.19 bits per heavy atom. The summed E-state index contributed by atoms with van der Waals surface area (Å²) in [6, 6.07) is 7.40. The van der Waals surface area contributed by atoms with Crippen LogP contribution in [0.3, 0.4) is 0 Å². The monoisotopic (exact) mass is 297 g/mol. The Hall–Kier alpha value is -1.20. The van der Waals surface area contributed by atoms with Gasteiger partial charge in [0.05, 0.1) is 12.7 Å². The molecule has 2 fully saturated rings. The van der Waals surface area contributed by atoms with Gasteiger partial charge in [-0.25, -0.2) is 0 Å². The van der Waals surface area contributed by atoms with Crippen molar-refractivity contribution in [1.82, 2.24) is 5.32 Å². The molecule has 1 N–H and O–H groups in total. The summed E-state index contributed by atoms with van der Waals surface area (Å²) in [5.74, 6) is 0.746. The van der Waals surface area contributed by atoms with E-state index in [1.165, 1.54) is 25.7 Å². The highest BCUT2D eigenvalue weighted by molar-refractivity contribution is 5.35. The van der Waals surface area contributed by atoms with E-state index in [2.05, 4.69) is 10.1 Å². The second-order valence-electron chi connectivity index (χ2n) is 5.80. The lowest BCUT2D eigenvalue weighted by atomic mass is 9.85. The lowest BCUT2D eigenvalue weighted by Gasteiger charge is -2.29. The normalized spacial score (nSPS) is 29.8. The van der Waals surface area contributed by atoms with Gasteiger partial charge in [0.15, 0.2) is 0 Å². The van der Waals surface area contributed by atoms with Crippen molar-refractivity contribution in [2.75, 3.05) is 13.2 Å². The molecule has 0 radical (unpaired) electrons. The SMILES string of the molecule is FC(F)Oc1ccccc1C1CNC2CCCCC2CO1. The minimum absolute atomic E-state index is 0.212. The molecule has 1 aromatic carbocycles. The molecular weight excluding hydrogens is 276 g/mol. The molecule has 1 saturated carbocycles. The van der Waals surface area contributed by atoms with E-state index in [0.29, 0.717) is 30.7 Å². The number of alkyl halides is 2. The fraction of sp³-hybridized carbons (Fsp3) is 0.625. The number of hydrogen-bond donors (Lipinski definition) is 1. The van der Waals surface area contributed by atoms with Crippen LogP contribution in [0, 0.1) is 5.92 Å². The number of ether oxygens (including phenoxy) is 2. The van der Waals surface area contributed by atoms with Gasteiger partial charge < -0.3 is 14.8 Å². The predicted molar refractivity (Wildman–Crippen MR) is 75.5 cm³/mol. The summed E-state index contributed by atoms with van der Waals surface area (Å²) < 4.78 is 35.6. The maximum atomic E-state index is 12.5. The molecule has 0 aromatic heterocycles. The number of rotatable bonds is 3. The first-order valence-electron chi connectivity index (χ1n) is 7.63. The zero-order valence-electron chi connectivity index (χ0n) is 11.9. The van der Waals surface area contributed by atoms with E-state index in [1.54, 1.807) is 18.2 Å². The van der Waals surface area contributed by atoms with Crippen molar-refractivity contribution in [2.45, 2.75) is 44.4 Å². The molecule has 2 aliphatic rings. The molecule has 0 bridgehead atoms. The lowest BCUT2D eigenvalue weighted by molar-refractivity contribution is -0.0527. The standard InChI is InChI=1S/C16H21F2NO2/c17-16(18)21-14-8-4-2-6-12(14)15-9-19-13-7-3-1-5-11(13)10-20-15/h2,4,6,8,11,13,15-16,19H,1,3,5,7,9-10H2. The van der Waals surface area contributed by atoms with Gasteiger partial charge in [-0.2, -0.15) is 8.78 Å². The summed E-state index contributed by atoms with van der Waals surface area (Å²) in [5, 5.41) is 3.54. The Kier molecular flexibility index (Phi) is 4.70. The van der Waals surface area contributed by atoms with E-state index in [4.69, 9.17) is 4.74 Å². The van der Waals surface area contributed by atoms with Crippen LogP contribution in [0.15, 0.2) is 24.3 Å². The highest BCUT2D eigenvalue weighted by Crippen LogP contribution is 2.33. The summed E-state index contributed by atoms with van der Waals surface area (Å²) in [6.45, 7) is -1.48. The van der Waals surface area contributed by atoms with Gasteiger partial charge in [-0.1, -0.05) is 31.0 Å². The molecule has 5 heteroatoms. The number of para-hydroxylation sites is 1. The highest BCUT2D eigenvalue weighted by atomic mass is 19.3. The van der Waals surface area contributed by atoms with Crippen LogP contribution in [0.5, 0.6) is 5.75 Å². The molecule has 3 rings (SSSR count). The molecule has 3 atom stereocenters. The van der Waals surface area contributed by atoms with Crippen LogP contribution >= 0.6 is 0 Å². The van der Waals surface area contributed by atoms with Crippen molar-refractivity contribution >= 4 is 0 Å². The largest absolute Gasteiger partial charge is 0.434 e. The molecule has 1 aliphatic heterocycles. The van der Waals surface area contributed by atoms with Crippen molar-refractivity contribution < 1.29 is 18.3 Å². The van der Waals surface area contributed by atoms with Crippen LogP contribution < -0.4 is 10.1 Å². The lowest BCUT2D eigenvalue weighted by Crippen LogP contribution is -2.38. The molecule has 1 aliphatic carbocycles. The van der Waals surface area contributed by atoms with E-state index in [9.17, 15) is 8.78 Å². The van der Waals surface area contributed by atoms with Gasteiger partial charge in [0.25, 0.3) is 0 Å². The van der Waals surface area contributed by atoms with Crippen LogP contribution in [0.25, 0.3) is 0 Å². The molecule has 21 heavy (non-hydrogen) atoms. The van der Waals surface area contributed by atoms with Gasteiger partial charge >= 0.3 is 6.61 Å². The summed E-state index contributed by atoms with van der Waals surface area (Å²) in [5.41, 5.74) is 0.698. The first kappa shape index (κ1) is 14.7. The highest BCUT2D eigenvalue weighted by Gasteiger charge is 2.31. The quantitative estimate of drug-likeness (QED) is 0.926. The third kappa shape index (κ3) is 3.52. The topological polar surface area (TPSA) is 30.5 Å². The van der Waals surface area contributed by atoms with Crippen LogP contribution in [-0.4, -0.2) is 25.8 Å². The molecule has 1 heterocycles. The molecular formula is C16H21F2NO2. The molecule has 3 unspecified atom stereocenters. The third-order valence-electron chi connectivity index (χ3n) is 4.47. The average molecular weight is 297 g/mol. The van der Waals surface area contributed by atoms with E-state index >= 15 is 0 Å². The van der Waals surface area contributed by atoms with Crippen LogP contribution in [-0.2, 0) is 4.74 Å². The zero-order chi connectivity index (χ0) is 14.7. The fourth-order valence-electron chi connectivity index (χ4n) is 3.38. The molecule has 116 valence electrons. The smallest absolute Gasteiger partial charge is 0.387 e. The van der Waals surface area contributed by atoms with Crippen LogP contribution in [0.2, 0.25) is 0 Å². The second kappa shape index (κ2) is 6.71. The molecule has 3 nitrogen and oxygen atoms in total. The molecule has 1 aromatic rings. The number of benzene rings is 1. The van der Waals surface area contributed by atoms with Crippen LogP contribution in [0.1, 0.15) is 37.4 Å². The Bertz CT molecular complexity index is 453. The predicted octanol–water partition coefficient (Wildman–Crippen LogP) is 3.51. The Morgan fingerprint density at radius 3 is 2.86 bits per heavy atom. The Labute approximate surface area is 123 Å². The van der Waals surface area contributed by atoms with Gasteiger partial charge in [0.1, 0.15) is 5.75 Å². The zero-order valence-corrected chi connectivity index (χ0v) is 11.9. The Morgan fingerprint density at radius 2 is 2.00 bits per heavy atom. The summed E-state index contributed by atoms with van der Waals surface area (Å²) in [4.78, 5) is 0. The number of hydrogen-bond acceptors (Lipinski definition) is 3. The summed E-state index contributed by atoms with van der Waals surface area (Å²) in [7, 11) is 0. The van der Waals surface area contributed by atoms with Gasteiger partial charge in [-0.3, -0.25) is 0 Å². The van der Waals surface area contributed by atoms with E-state index in [1.807, 2.05) is 6.07 Å². The van der Waals surface area contributed by atoms with Crippen molar-refractivity contribution in [1.29, 1.82) is 0 Å². The van der Waals surface area contributed by atoms with Crippen molar-refractivity contribution in [2.24, 2.45) is 5.92 Å². The van der Waals surface area contributed by atoms with Crippen molar-refractivity contribution in [3.05, 3.63) is 29.8 Å². The number of fused-ring (bicyclic) bond motifs is 1. The van der Waals surface area contributed by atoms with E-state index < -0.39 is 6.61 Å². The first-order chi connectivity index (χ1) is 10.2. The number of nitrogens with one attached hydrogen (secondary N) is 1. The second-order valence-corrected chi connectivity index (χ2v) is 5.80. The molecule has 0 amide bonds. The average Bonchev–Trinajstić information content (AvgIpc) is 2.70. The maximum Gasteiger partial charge on any atom is 0.387 e. The van der Waals surface area contributed by atoms with Crippen molar-refractivity contribution in [3.8, 4) is 5.75 Å². The van der Waals surface area contributed by atoms with Crippen LogP contribution in [0.4, 0.5) is 8.78 Å².